The molecule has 0 amide bonds. The Morgan fingerprint density at radius 3 is 2.52 bits per heavy atom. The molecule has 2 aromatic heterocycles. The fourth-order valence-corrected chi connectivity index (χ4v) is 2.60. The highest BCUT2D eigenvalue weighted by Gasteiger charge is 2.33. The zero-order valence-corrected chi connectivity index (χ0v) is 12.7. The van der Waals surface area contributed by atoms with Crippen LogP contribution in [0.2, 0.25) is 0 Å². The summed E-state index contributed by atoms with van der Waals surface area (Å²) in [6.07, 6.45) is -4.41. The van der Waals surface area contributed by atoms with Crippen molar-refractivity contribution in [3.8, 4) is 0 Å². The Balaban J connectivity index is 1.60. The summed E-state index contributed by atoms with van der Waals surface area (Å²) in [4.78, 5) is 7.79. The fraction of sp³-hybridized carbons (Fsp3) is 0.467. The van der Waals surface area contributed by atoms with Crippen LogP contribution in [0.5, 0.6) is 0 Å². The lowest BCUT2D eigenvalue weighted by atomic mass is 10.2. The van der Waals surface area contributed by atoms with Crippen LogP contribution in [0.15, 0.2) is 28.8 Å². The van der Waals surface area contributed by atoms with E-state index in [0.29, 0.717) is 25.5 Å². The van der Waals surface area contributed by atoms with Crippen molar-refractivity contribution in [1.82, 2.24) is 15.0 Å². The van der Waals surface area contributed by atoms with Gasteiger partial charge in [-0.25, -0.2) is 4.98 Å². The van der Waals surface area contributed by atoms with Crippen LogP contribution in [-0.2, 0) is 12.7 Å². The van der Waals surface area contributed by atoms with E-state index in [1.54, 1.807) is 6.07 Å². The standard InChI is InChI=1S/C15H17F3N4O/c1-11-9-12(23-20-11)10-21-5-7-22(8-6-21)14-4-2-3-13(19-14)15(16,17)18/h2-4,9H,5-8,10H2,1H3. The first-order chi connectivity index (χ1) is 10.9. The molecule has 0 spiro atoms. The third-order valence-corrected chi connectivity index (χ3v) is 3.78. The Hall–Kier alpha value is -2.09. The Bertz CT molecular complexity index is 663. The van der Waals surface area contributed by atoms with Gasteiger partial charge in [0.05, 0.1) is 12.2 Å². The van der Waals surface area contributed by atoms with Gasteiger partial charge < -0.3 is 9.42 Å². The van der Waals surface area contributed by atoms with Crippen LogP contribution >= 0.6 is 0 Å². The van der Waals surface area contributed by atoms with Crippen molar-refractivity contribution >= 4 is 5.82 Å². The largest absolute Gasteiger partial charge is 0.433 e. The topological polar surface area (TPSA) is 45.4 Å². The van der Waals surface area contributed by atoms with Crippen molar-refractivity contribution in [1.29, 1.82) is 0 Å². The number of anilines is 1. The second-order valence-electron chi connectivity index (χ2n) is 5.58. The highest BCUT2D eigenvalue weighted by atomic mass is 19.4. The summed E-state index contributed by atoms with van der Waals surface area (Å²) in [7, 11) is 0. The molecule has 1 saturated heterocycles. The molecule has 124 valence electrons. The van der Waals surface area contributed by atoms with Crippen LogP contribution in [0.4, 0.5) is 19.0 Å². The number of nitrogens with zero attached hydrogens (tertiary/aromatic N) is 4. The van der Waals surface area contributed by atoms with Gasteiger partial charge in [0.25, 0.3) is 0 Å². The minimum absolute atomic E-state index is 0.370. The number of aromatic nitrogens is 2. The zero-order valence-electron chi connectivity index (χ0n) is 12.7. The van der Waals surface area contributed by atoms with Gasteiger partial charge in [0.15, 0.2) is 5.76 Å². The van der Waals surface area contributed by atoms with Gasteiger partial charge in [0, 0.05) is 32.2 Å². The van der Waals surface area contributed by atoms with Crippen LogP contribution in [0.25, 0.3) is 0 Å². The average molecular weight is 326 g/mol. The summed E-state index contributed by atoms with van der Waals surface area (Å²) in [5, 5.41) is 3.85. The first-order valence-electron chi connectivity index (χ1n) is 7.35. The van der Waals surface area contributed by atoms with Crippen LogP contribution in [0.1, 0.15) is 17.1 Å². The Labute approximate surface area is 131 Å². The molecule has 3 heterocycles. The van der Waals surface area contributed by atoms with Gasteiger partial charge in [-0.1, -0.05) is 11.2 Å². The third kappa shape index (κ3) is 3.82. The molecule has 2 aromatic rings. The Morgan fingerprint density at radius 2 is 1.91 bits per heavy atom. The lowest BCUT2D eigenvalue weighted by molar-refractivity contribution is -0.141. The highest BCUT2D eigenvalue weighted by Crippen LogP contribution is 2.29. The summed E-state index contributed by atoms with van der Waals surface area (Å²) in [6, 6.07) is 5.90. The molecule has 1 aliphatic rings. The number of alkyl halides is 3. The van der Waals surface area contributed by atoms with E-state index in [1.807, 2.05) is 17.9 Å². The fourth-order valence-electron chi connectivity index (χ4n) is 2.60. The number of hydrogen-bond acceptors (Lipinski definition) is 5. The molecule has 0 bridgehead atoms. The highest BCUT2D eigenvalue weighted by molar-refractivity contribution is 5.40. The molecule has 0 saturated carbocycles. The van der Waals surface area contributed by atoms with Gasteiger partial charge in [0.2, 0.25) is 0 Å². The minimum Gasteiger partial charge on any atom is -0.360 e. The maximum absolute atomic E-state index is 12.7. The molecule has 1 aliphatic heterocycles. The van der Waals surface area contributed by atoms with Crippen LogP contribution in [0.3, 0.4) is 0 Å². The van der Waals surface area contributed by atoms with Crippen molar-refractivity contribution in [2.75, 3.05) is 31.1 Å². The summed E-state index contributed by atoms with van der Waals surface area (Å²) in [6.45, 7) is 5.24. The van der Waals surface area contributed by atoms with E-state index >= 15 is 0 Å². The summed E-state index contributed by atoms with van der Waals surface area (Å²) in [5.41, 5.74) is -0.0126. The van der Waals surface area contributed by atoms with Crippen molar-refractivity contribution < 1.29 is 17.7 Å². The van der Waals surface area contributed by atoms with E-state index in [4.69, 9.17) is 4.52 Å². The third-order valence-electron chi connectivity index (χ3n) is 3.78. The SMILES string of the molecule is Cc1cc(CN2CCN(c3cccc(C(F)(F)F)n3)CC2)on1. The van der Waals surface area contributed by atoms with E-state index < -0.39 is 11.9 Å². The molecular formula is C15H17F3N4O. The van der Waals surface area contributed by atoms with E-state index in [2.05, 4.69) is 15.0 Å². The number of aryl methyl sites for hydroxylation is 1. The van der Waals surface area contributed by atoms with E-state index in [1.165, 1.54) is 6.07 Å². The predicted octanol–water partition coefficient (Wildman–Crippen LogP) is 2.72. The Morgan fingerprint density at radius 1 is 1.17 bits per heavy atom. The molecular weight excluding hydrogens is 309 g/mol. The van der Waals surface area contributed by atoms with Crippen LogP contribution in [0, 0.1) is 6.92 Å². The smallest absolute Gasteiger partial charge is 0.360 e. The molecule has 0 atom stereocenters. The predicted molar refractivity (Wildman–Crippen MR) is 78.0 cm³/mol. The summed E-state index contributed by atoms with van der Waals surface area (Å²) >= 11 is 0. The second-order valence-corrected chi connectivity index (χ2v) is 5.58. The zero-order chi connectivity index (χ0) is 16.4. The number of pyridine rings is 1. The summed E-state index contributed by atoms with van der Waals surface area (Å²) in [5.74, 6) is 1.17. The summed E-state index contributed by atoms with van der Waals surface area (Å²) < 4.78 is 43.4. The molecule has 0 unspecified atom stereocenters. The van der Waals surface area contributed by atoms with Crippen molar-refractivity contribution in [2.24, 2.45) is 0 Å². The van der Waals surface area contributed by atoms with Gasteiger partial charge in [-0.05, 0) is 19.1 Å². The normalized spacial score (nSPS) is 16.8. The van der Waals surface area contributed by atoms with E-state index in [0.717, 1.165) is 30.6 Å². The molecule has 8 heteroatoms. The number of halogens is 3. The van der Waals surface area contributed by atoms with Crippen molar-refractivity contribution in [3.63, 3.8) is 0 Å². The molecule has 0 N–H and O–H groups in total. The lowest BCUT2D eigenvalue weighted by Gasteiger charge is -2.35. The molecule has 0 aliphatic carbocycles. The lowest BCUT2D eigenvalue weighted by Crippen LogP contribution is -2.46. The molecule has 23 heavy (non-hydrogen) atoms. The molecule has 5 nitrogen and oxygen atoms in total. The number of piperazine rings is 1. The van der Waals surface area contributed by atoms with Gasteiger partial charge in [-0.2, -0.15) is 13.2 Å². The monoisotopic (exact) mass is 326 g/mol. The van der Waals surface area contributed by atoms with Gasteiger partial charge in [0.1, 0.15) is 11.5 Å². The van der Waals surface area contributed by atoms with Gasteiger partial charge >= 0.3 is 6.18 Å². The minimum atomic E-state index is -4.41. The molecule has 0 aromatic carbocycles. The number of rotatable bonds is 3. The average Bonchev–Trinajstić information content (AvgIpc) is 2.92. The molecule has 1 fully saturated rings. The molecule has 3 rings (SSSR count). The van der Waals surface area contributed by atoms with E-state index in [-0.39, 0.29) is 0 Å². The number of hydrogen-bond donors (Lipinski definition) is 0. The van der Waals surface area contributed by atoms with Gasteiger partial charge in [-0.15, -0.1) is 0 Å². The van der Waals surface area contributed by atoms with Crippen LogP contribution in [-0.4, -0.2) is 41.2 Å². The second kappa shape index (κ2) is 6.19. The van der Waals surface area contributed by atoms with Crippen molar-refractivity contribution in [3.05, 3.63) is 41.4 Å². The molecule has 0 radical (unpaired) electrons. The van der Waals surface area contributed by atoms with E-state index in [9.17, 15) is 13.2 Å². The first kappa shape index (κ1) is 15.8. The first-order valence-corrected chi connectivity index (χ1v) is 7.35. The maximum atomic E-state index is 12.7. The van der Waals surface area contributed by atoms with Crippen LogP contribution < -0.4 is 4.90 Å². The Kier molecular flexibility index (Phi) is 4.25. The van der Waals surface area contributed by atoms with Crippen molar-refractivity contribution in [2.45, 2.75) is 19.6 Å². The maximum Gasteiger partial charge on any atom is 0.433 e. The van der Waals surface area contributed by atoms with Gasteiger partial charge in [-0.3, -0.25) is 4.90 Å². The quantitative estimate of drug-likeness (QED) is 0.868.